The molecule has 0 saturated carbocycles. The van der Waals surface area contributed by atoms with Crippen LogP contribution < -0.4 is 0 Å². The Morgan fingerprint density at radius 2 is 1.85 bits per heavy atom. The van der Waals surface area contributed by atoms with Crippen LogP contribution in [0.3, 0.4) is 0 Å². The molecule has 0 aliphatic carbocycles. The predicted molar refractivity (Wildman–Crippen MR) is 97.1 cm³/mol. The van der Waals surface area contributed by atoms with E-state index in [-0.39, 0.29) is 30.5 Å². The number of hydrogen-bond donors (Lipinski definition) is 0. The van der Waals surface area contributed by atoms with Crippen LogP contribution in [0.25, 0.3) is 0 Å². The van der Waals surface area contributed by atoms with E-state index in [4.69, 9.17) is 4.42 Å². The first-order valence-corrected chi connectivity index (χ1v) is 10.3. The number of carbonyl (C=O) groups is 1. The van der Waals surface area contributed by atoms with Gasteiger partial charge in [0.1, 0.15) is 5.82 Å². The van der Waals surface area contributed by atoms with Crippen LogP contribution in [0, 0.1) is 19.7 Å². The first-order valence-electron chi connectivity index (χ1n) is 8.72. The van der Waals surface area contributed by atoms with Crippen LogP contribution in [0.15, 0.2) is 28.7 Å². The second-order valence-corrected chi connectivity index (χ2v) is 8.54. The summed E-state index contributed by atoms with van der Waals surface area (Å²) in [6.07, 6.45) is 0.528. The molecule has 1 aliphatic heterocycles. The van der Waals surface area contributed by atoms with Gasteiger partial charge in [0.15, 0.2) is 5.89 Å². The molecular formula is C18H22FN3O4S. The molecule has 0 N–H and O–H groups in total. The lowest BCUT2D eigenvalue weighted by Crippen LogP contribution is -2.37. The molecule has 0 spiro atoms. The highest BCUT2D eigenvalue weighted by Crippen LogP contribution is 2.17. The van der Waals surface area contributed by atoms with Crippen LogP contribution in [0.1, 0.15) is 34.1 Å². The Hall–Kier alpha value is -2.26. The lowest BCUT2D eigenvalue weighted by atomic mass is 10.2. The van der Waals surface area contributed by atoms with Gasteiger partial charge in [0.05, 0.1) is 11.4 Å². The van der Waals surface area contributed by atoms with E-state index in [1.165, 1.54) is 28.6 Å². The van der Waals surface area contributed by atoms with Crippen molar-refractivity contribution in [1.82, 2.24) is 14.2 Å². The summed E-state index contributed by atoms with van der Waals surface area (Å²) in [7, 11) is -3.55. The van der Waals surface area contributed by atoms with Crippen molar-refractivity contribution in [3.63, 3.8) is 0 Å². The van der Waals surface area contributed by atoms with Crippen LogP contribution in [0.2, 0.25) is 0 Å². The summed E-state index contributed by atoms with van der Waals surface area (Å²) in [6, 6.07) is 5.43. The summed E-state index contributed by atoms with van der Waals surface area (Å²) in [5.74, 6) is -0.241. The molecule has 3 rings (SSSR count). The van der Waals surface area contributed by atoms with Crippen LogP contribution in [0.5, 0.6) is 0 Å². The highest BCUT2D eigenvalue weighted by Gasteiger charge is 2.29. The fourth-order valence-electron chi connectivity index (χ4n) is 3.13. The fourth-order valence-corrected chi connectivity index (χ4v) is 4.69. The molecule has 2 aromatic rings. The molecule has 1 aromatic carbocycles. The molecule has 0 unspecified atom stereocenters. The Bertz CT molecular complexity index is 925. The van der Waals surface area contributed by atoms with Crippen LogP contribution in [-0.4, -0.2) is 54.7 Å². The summed E-state index contributed by atoms with van der Waals surface area (Å²) in [5, 5.41) is 0. The summed E-state index contributed by atoms with van der Waals surface area (Å²) < 4.78 is 45.2. The SMILES string of the molecule is Cc1nc(C)c(C(=O)N2CCCN(S(=O)(=O)Cc3ccc(F)cc3)CC2)o1. The Morgan fingerprint density at radius 3 is 2.48 bits per heavy atom. The first kappa shape index (κ1) is 19.5. The molecule has 0 bridgehead atoms. The van der Waals surface area contributed by atoms with Gasteiger partial charge in [-0.1, -0.05) is 12.1 Å². The number of rotatable bonds is 4. The Morgan fingerprint density at radius 1 is 1.15 bits per heavy atom. The van der Waals surface area contributed by atoms with E-state index in [1.54, 1.807) is 18.7 Å². The predicted octanol–water partition coefficient (Wildman–Crippen LogP) is 2.11. The maximum Gasteiger partial charge on any atom is 0.291 e. The Balaban J connectivity index is 1.67. The van der Waals surface area contributed by atoms with Crippen molar-refractivity contribution in [2.75, 3.05) is 26.2 Å². The number of benzene rings is 1. The molecule has 1 aromatic heterocycles. The summed E-state index contributed by atoms with van der Waals surface area (Å²) in [5.41, 5.74) is 1.06. The van der Waals surface area contributed by atoms with Gasteiger partial charge in [-0.2, -0.15) is 4.31 Å². The monoisotopic (exact) mass is 395 g/mol. The van der Waals surface area contributed by atoms with Crippen molar-refractivity contribution < 1.29 is 22.0 Å². The molecular weight excluding hydrogens is 373 g/mol. The van der Waals surface area contributed by atoms with Gasteiger partial charge in [0, 0.05) is 33.1 Å². The maximum atomic E-state index is 13.0. The number of halogens is 1. The molecule has 1 fully saturated rings. The van der Waals surface area contributed by atoms with E-state index in [0.29, 0.717) is 36.7 Å². The van der Waals surface area contributed by atoms with Gasteiger partial charge in [0.25, 0.3) is 5.91 Å². The third kappa shape index (κ3) is 4.54. The number of carbonyl (C=O) groups excluding carboxylic acids is 1. The van der Waals surface area contributed by atoms with Crippen LogP contribution in [0.4, 0.5) is 4.39 Å². The number of oxazole rings is 1. The van der Waals surface area contributed by atoms with E-state index in [2.05, 4.69) is 4.98 Å². The van der Waals surface area contributed by atoms with Crippen molar-refractivity contribution >= 4 is 15.9 Å². The van der Waals surface area contributed by atoms with E-state index in [9.17, 15) is 17.6 Å². The average molecular weight is 395 g/mol. The lowest BCUT2D eigenvalue weighted by molar-refractivity contribution is 0.0730. The zero-order chi connectivity index (χ0) is 19.6. The highest BCUT2D eigenvalue weighted by atomic mass is 32.2. The van der Waals surface area contributed by atoms with E-state index in [0.717, 1.165) is 0 Å². The van der Waals surface area contributed by atoms with Gasteiger partial charge in [-0.3, -0.25) is 4.79 Å². The van der Waals surface area contributed by atoms with Crippen LogP contribution in [-0.2, 0) is 15.8 Å². The van der Waals surface area contributed by atoms with Crippen LogP contribution >= 0.6 is 0 Å². The van der Waals surface area contributed by atoms with Gasteiger partial charge in [-0.15, -0.1) is 0 Å². The second kappa shape index (κ2) is 7.77. The standard InChI is InChI=1S/C18H22FN3O4S/c1-13-17(26-14(2)20-13)18(23)21-8-3-9-22(11-10-21)27(24,25)12-15-4-6-16(19)7-5-15/h4-7H,3,8-12H2,1-2H3. The summed E-state index contributed by atoms with van der Waals surface area (Å²) >= 11 is 0. The van der Waals surface area contributed by atoms with E-state index in [1.807, 2.05) is 0 Å². The largest absolute Gasteiger partial charge is 0.436 e. The number of amides is 1. The fraction of sp³-hybridized carbons (Fsp3) is 0.444. The Labute approximate surface area is 157 Å². The second-order valence-electron chi connectivity index (χ2n) is 6.57. The average Bonchev–Trinajstić information content (AvgIpc) is 2.82. The van der Waals surface area contributed by atoms with Gasteiger partial charge in [-0.25, -0.2) is 17.8 Å². The highest BCUT2D eigenvalue weighted by molar-refractivity contribution is 7.88. The topological polar surface area (TPSA) is 83.7 Å². The zero-order valence-corrected chi connectivity index (χ0v) is 16.1. The summed E-state index contributed by atoms with van der Waals surface area (Å²) in [4.78, 5) is 18.4. The molecule has 146 valence electrons. The number of aromatic nitrogens is 1. The quantitative estimate of drug-likeness (QED) is 0.792. The molecule has 1 aliphatic rings. The van der Waals surface area contributed by atoms with Crippen molar-refractivity contribution in [1.29, 1.82) is 0 Å². The number of nitrogens with zero attached hydrogens (tertiary/aromatic N) is 3. The zero-order valence-electron chi connectivity index (χ0n) is 15.3. The first-order chi connectivity index (χ1) is 12.8. The van der Waals surface area contributed by atoms with E-state index >= 15 is 0 Å². The van der Waals surface area contributed by atoms with E-state index < -0.39 is 15.8 Å². The summed E-state index contributed by atoms with van der Waals surface area (Å²) in [6.45, 7) is 4.65. The molecule has 27 heavy (non-hydrogen) atoms. The molecule has 0 atom stereocenters. The van der Waals surface area contributed by atoms with Gasteiger partial charge < -0.3 is 9.32 Å². The number of hydrogen-bond acceptors (Lipinski definition) is 5. The minimum absolute atomic E-state index is 0.193. The molecule has 0 radical (unpaired) electrons. The third-order valence-corrected chi connectivity index (χ3v) is 6.35. The van der Waals surface area contributed by atoms with Crippen molar-refractivity contribution in [2.24, 2.45) is 0 Å². The van der Waals surface area contributed by atoms with Crippen molar-refractivity contribution in [3.8, 4) is 0 Å². The minimum atomic E-state index is -3.55. The molecule has 9 heteroatoms. The maximum absolute atomic E-state index is 13.0. The van der Waals surface area contributed by atoms with Crippen molar-refractivity contribution in [3.05, 3.63) is 53.0 Å². The van der Waals surface area contributed by atoms with Crippen molar-refractivity contribution in [2.45, 2.75) is 26.0 Å². The Kier molecular flexibility index (Phi) is 5.61. The van der Waals surface area contributed by atoms with Gasteiger partial charge in [-0.05, 0) is 31.0 Å². The number of aryl methyl sites for hydroxylation is 2. The van der Waals surface area contributed by atoms with Gasteiger partial charge >= 0.3 is 0 Å². The molecule has 2 heterocycles. The third-order valence-electron chi connectivity index (χ3n) is 4.50. The lowest BCUT2D eigenvalue weighted by Gasteiger charge is -2.21. The molecule has 1 amide bonds. The molecule has 7 nitrogen and oxygen atoms in total. The molecule has 1 saturated heterocycles. The smallest absolute Gasteiger partial charge is 0.291 e. The normalized spacial score (nSPS) is 16.3. The number of sulfonamides is 1. The minimum Gasteiger partial charge on any atom is -0.436 e. The van der Waals surface area contributed by atoms with Gasteiger partial charge in [0.2, 0.25) is 15.8 Å².